The molecule has 1 fully saturated rings. The first kappa shape index (κ1) is 20.7. The second-order valence-electron chi connectivity index (χ2n) is 6.74. The standard InChI is InChI=1S/C24H15ClN2O3S/c25-18-10-12-19(13-11-18)27-23(30)20(22(29)26-24(27)31)14-21(28)17-8-6-16(7-9-17)15-4-2-1-3-5-15/h1-14H,(H,26,29,31)/b20-14-. The van der Waals surface area contributed by atoms with Crippen LogP contribution < -0.4 is 10.2 Å². The van der Waals surface area contributed by atoms with E-state index >= 15 is 0 Å². The number of amides is 2. The van der Waals surface area contributed by atoms with Crippen molar-refractivity contribution < 1.29 is 14.4 Å². The van der Waals surface area contributed by atoms with Crippen LogP contribution in [0.5, 0.6) is 0 Å². The molecule has 1 heterocycles. The highest BCUT2D eigenvalue weighted by Gasteiger charge is 2.35. The van der Waals surface area contributed by atoms with Crippen molar-refractivity contribution in [2.45, 2.75) is 0 Å². The highest BCUT2D eigenvalue weighted by atomic mass is 35.5. The number of carbonyl (C=O) groups is 3. The second-order valence-corrected chi connectivity index (χ2v) is 7.57. The van der Waals surface area contributed by atoms with Gasteiger partial charge in [0.2, 0.25) is 0 Å². The molecule has 0 aromatic heterocycles. The van der Waals surface area contributed by atoms with Crippen LogP contribution in [0.4, 0.5) is 5.69 Å². The van der Waals surface area contributed by atoms with Gasteiger partial charge in [-0.25, -0.2) is 0 Å². The number of nitrogens with zero attached hydrogens (tertiary/aromatic N) is 1. The summed E-state index contributed by atoms with van der Waals surface area (Å²) in [6.45, 7) is 0. The Labute approximate surface area is 188 Å². The van der Waals surface area contributed by atoms with Crippen molar-refractivity contribution in [2.24, 2.45) is 0 Å². The van der Waals surface area contributed by atoms with Gasteiger partial charge in [0.15, 0.2) is 10.9 Å². The summed E-state index contributed by atoms with van der Waals surface area (Å²) in [5.74, 6) is -1.85. The average Bonchev–Trinajstić information content (AvgIpc) is 2.78. The Hall–Kier alpha value is -3.61. The van der Waals surface area contributed by atoms with E-state index in [2.05, 4.69) is 5.32 Å². The molecule has 2 amide bonds. The predicted octanol–water partition coefficient (Wildman–Crippen LogP) is 4.56. The Kier molecular flexibility index (Phi) is 5.75. The summed E-state index contributed by atoms with van der Waals surface area (Å²) in [6, 6.07) is 23.1. The van der Waals surface area contributed by atoms with E-state index in [9.17, 15) is 14.4 Å². The lowest BCUT2D eigenvalue weighted by molar-refractivity contribution is -0.122. The highest BCUT2D eigenvalue weighted by Crippen LogP contribution is 2.24. The maximum atomic E-state index is 13.0. The zero-order chi connectivity index (χ0) is 22.0. The lowest BCUT2D eigenvalue weighted by Gasteiger charge is -2.28. The first-order valence-electron chi connectivity index (χ1n) is 9.31. The number of halogens is 1. The molecular formula is C24H15ClN2O3S. The molecule has 3 aromatic rings. The maximum absolute atomic E-state index is 13.0. The number of anilines is 1. The Balaban J connectivity index is 1.61. The summed E-state index contributed by atoms with van der Waals surface area (Å²) >= 11 is 11.0. The quantitative estimate of drug-likeness (QED) is 0.276. The molecule has 3 aromatic carbocycles. The first-order chi connectivity index (χ1) is 14.9. The van der Waals surface area contributed by atoms with Crippen molar-refractivity contribution in [2.75, 3.05) is 4.90 Å². The molecule has 5 nitrogen and oxygen atoms in total. The third-order valence-corrected chi connectivity index (χ3v) is 5.28. The normalized spacial score (nSPS) is 15.2. The van der Waals surface area contributed by atoms with Gasteiger partial charge in [-0.3, -0.25) is 24.6 Å². The number of ketones is 1. The van der Waals surface area contributed by atoms with Crippen LogP contribution in [0.3, 0.4) is 0 Å². The Morgan fingerprint density at radius 2 is 1.48 bits per heavy atom. The number of rotatable bonds is 4. The minimum absolute atomic E-state index is 0.0610. The van der Waals surface area contributed by atoms with Crippen LogP contribution in [-0.4, -0.2) is 22.7 Å². The van der Waals surface area contributed by atoms with Crippen molar-refractivity contribution in [3.63, 3.8) is 0 Å². The Morgan fingerprint density at radius 3 is 2.13 bits per heavy atom. The Morgan fingerprint density at radius 1 is 0.871 bits per heavy atom. The average molecular weight is 447 g/mol. The molecule has 0 spiro atoms. The molecule has 0 aliphatic carbocycles. The van der Waals surface area contributed by atoms with Crippen molar-refractivity contribution in [3.8, 4) is 11.1 Å². The Bertz CT molecular complexity index is 1220. The van der Waals surface area contributed by atoms with E-state index in [1.807, 2.05) is 42.5 Å². The van der Waals surface area contributed by atoms with Gasteiger partial charge in [0, 0.05) is 16.7 Å². The van der Waals surface area contributed by atoms with Crippen molar-refractivity contribution in [1.29, 1.82) is 0 Å². The van der Waals surface area contributed by atoms with Gasteiger partial charge < -0.3 is 0 Å². The molecule has 1 aliphatic rings. The largest absolute Gasteiger partial charge is 0.298 e. The summed E-state index contributed by atoms with van der Waals surface area (Å²) in [4.78, 5) is 39.2. The SMILES string of the molecule is O=C1NC(=S)N(c2ccc(Cl)cc2)C(=O)/C1=C\C(=O)c1ccc(-c2ccccc2)cc1. The van der Waals surface area contributed by atoms with Crippen LogP contribution in [0, 0.1) is 0 Å². The zero-order valence-electron chi connectivity index (χ0n) is 16.0. The monoisotopic (exact) mass is 446 g/mol. The summed E-state index contributed by atoms with van der Waals surface area (Å²) in [6.07, 6.45) is 1.04. The van der Waals surface area contributed by atoms with Gasteiger partial charge in [0.1, 0.15) is 5.57 Å². The van der Waals surface area contributed by atoms with Gasteiger partial charge in [-0.1, -0.05) is 66.2 Å². The van der Waals surface area contributed by atoms with Crippen LogP contribution in [0.1, 0.15) is 10.4 Å². The third kappa shape index (κ3) is 4.30. The van der Waals surface area contributed by atoms with Crippen molar-refractivity contribution in [3.05, 3.63) is 101 Å². The van der Waals surface area contributed by atoms with Gasteiger partial charge in [0.25, 0.3) is 11.8 Å². The molecule has 0 radical (unpaired) electrons. The molecule has 31 heavy (non-hydrogen) atoms. The number of hydrogen-bond acceptors (Lipinski definition) is 4. The van der Waals surface area contributed by atoms with Gasteiger partial charge in [-0.05, 0) is 47.6 Å². The van der Waals surface area contributed by atoms with Gasteiger partial charge in [-0.2, -0.15) is 0 Å². The molecule has 1 N–H and O–H groups in total. The second kappa shape index (κ2) is 8.63. The van der Waals surface area contributed by atoms with Crippen molar-refractivity contribution in [1.82, 2.24) is 5.32 Å². The molecule has 0 bridgehead atoms. The highest BCUT2D eigenvalue weighted by molar-refractivity contribution is 7.80. The number of carbonyl (C=O) groups excluding carboxylic acids is 3. The van der Waals surface area contributed by atoms with E-state index in [1.165, 1.54) is 0 Å². The fourth-order valence-electron chi connectivity index (χ4n) is 3.15. The number of hydrogen-bond donors (Lipinski definition) is 1. The summed E-state index contributed by atoms with van der Waals surface area (Å²) in [5, 5.41) is 2.89. The van der Waals surface area contributed by atoms with E-state index in [1.54, 1.807) is 36.4 Å². The molecule has 1 aliphatic heterocycles. The third-order valence-electron chi connectivity index (χ3n) is 4.74. The van der Waals surface area contributed by atoms with Gasteiger partial charge in [0.05, 0.1) is 5.69 Å². The summed E-state index contributed by atoms with van der Waals surface area (Å²) in [7, 11) is 0. The maximum Gasteiger partial charge on any atom is 0.270 e. The van der Waals surface area contributed by atoms with Gasteiger partial charge in [-0.15, -0.1) is 0 Å². The molecule has 0 unspecified atom stereocenters. The molecule has 4 rings (SSSR count). The number of allylic oxidation sites excluding steroid dienone is 1. The predicted molar refractivity (Wildman–Crippen MR) is 124 cm³/mol. The molecule has 0 atom stereocenters. The topological polar surface area (TPSA) is 66.5 Å². The molecule has 1 saturated heterocycles. The number of thiocarbonyl (C=S) groups is 1. The van der Waals surface area contributed by atoms with Crippen LogP contribution in [0.25, 0.3) is 11.1 Å². The molecular weight excluding hydrogens is 432 g/mol. The molecule has 152 valence electrons. The van der Waals surface area contributed by atoms with E-state index in [0.29, 0.717) is 16.3 Å². The minimum atomic E-state index is -0.713. The van der Waals surface area contributed by atoms with E-state index < -0.39 is 17.6 Å². The fourth-order valence-corrected chi connectivity index (χ4v) is 3.56. The van der Waals surface area contributed by atoms with Crippen LogP contribution in [-0.2, 0) is 9.59 Å². The van der Waals surface area contributed by atoms with E-state index in [0.717, 1.165) is 22.1 Å². The first-order valence-corrected chi connectivity index (χ1v) is 10.1. The lowest BCUT2D eigenvalue weighted by Crippen LogP contribution is -2.54. The zero-order valence-corrected chi connectivity index (χ0v) is 17.6. The van der Waals surface area contributed by atoms with Crippen LogP contribution >= 0.6 is 23.8 Å². The van der Waals surface area contributed by atoms with Crippen LogP contribution in [0.2, 0.25) is 5.02 Å². The van der Waals surface area contributed by atoms with E-state index in [4.69, 9.17) is 23.8 Å². The minimum Gasteiger partial charge on any atom is -0.298 e. The lowest BCUT2D eigenvalue weighted by atomic mass is 10.0. The van der Waals surface area contributed by atoms with E-state index in [-0.39, 0.29) is 10.7 Å². The summed E-state index contributed by atoms with van der Waals surface area (Å²) in [5.41, 5.74) is 2.48. The van der Waals surface area contributed by atoms with Crippen LogP contribution in [0.15, 0.2) is 90.5 Å². The van der Waals surface area contributed by atoms with Gasteiger partial charge >= 0.3 is 0 Å². The summed E-state index contributed by atoms with van der Waals surface area (Å²) < 4.78 is 0. The number of benzene rings is 3. The fraction of sp³-hybridized carbons (Fsp3) is 0. The molecule has 0 saturated carbocycles. The number of nitrogens with one attached hydrogen (secondary N) is 1. The molecule has 7 heteroatoms. The smallest absolute Gasteiger partial charge is 0.270 e. The van der Waals surface area contributed by atoms with Crippen molar-refractivity contribution >= 4 is 52.2 Å².